The van der Waals surface area contributed by atoms with Crippen molar-refractivity contribution in [3.05, 3.63) is 77.6 Å². The molecular weight excluding hydrogens is 336 g/mol. The summed E-state index contributed by atoms with van der Waals surface area (Å²) in [6.07, 6.45) is 1.55. The number of halogens is 1. The van der Waals surface area contributed by atoms with Gasteiger partial charge in [-0.25, -0.2) is 9.97 Å². The minimum absolute atomic E-state index is 0.182. The maximum absolute atomic E-state index is 12.8. The van der Waals surface area contributed by atoms with Gasteiger partial charge in [0.15, 0.2) is 0 Å². The van der Waals surface area contributed by atoms with Crippen molar-refractivity contribution < 1.29 is 4.79 Å². The number of hydrogen-bond donors (Lipinski definition) is 1. The Morgan fingerprint density at radius 3 is 2.52 bits per heavy atom. The van der Waals surface area contributed by atoms with Crippen LogP contribution in [0.2, 0.25) is 5.02 Å². The molecule has 0 saturated heterocycles. The first-order valence-corrected chi connectivity index (χ1v) is 8.28. The molecule has 0 atom stereocenters. The zero-order valence-electron chi connectivity index (χ0n) is 13.7. The Bertz CT molecular complexity index is 870. The van der Waals surface area contributed by atoms with Crippen molar-refractivity contribution in [2.45, 2.75) is 6.92 Å². The topological polar surface area (TPSA) is 58.1 Å². The molecule has 5 nitrogen and oxygen atoms in total. The van der Waals surface area contributed by atoms with Crippen LogP contribution >= 0.6 is 11.6 Å². The van der Waals surface area contributed by atoms with Crippen LogP contribution in [0, 0.1) is 0 Å². The van der Waals surface area contributed by atoms with Gasteiger partial charge in [0.1, 0.15) is 5.69 Å². The SMILES string of the molecule is CCN(C(=O)c1ccnc(Nc2ccccc2Cl)n1)c1ccccc1. The molecular formula is C19H17ClN4O. The van der Waals surface area contributed by atoms with E-state index in [9.17, 15) is 4.79 Å². The fourth-order valence-corrected chi connectivity index (χ4v) is 2.59. The molecule has 0 aliphatic rings. The van der Waals surface area contributed by atoms with Gasteiger partial charge in [-0.1, -0.05) is 41.9 Å². The van der Waals surface area contributed by atoms with Gasteiger partial charge in [0, 0.05) is 18.4 Å². The molecule has 0 bridgehead atoms. The third-order valence-electron chi connectivity index (χ3n) is 3.62. The van der Waals surface area contributed by atoms with Gasteiger partial charge < -0.3 is 10.2 Å². The van der Waals surface area contributed by atoms with Crippen LogP contribution in [0.15, 0.2) is 66.9 Å². The summed E-state index contributed by atoms with van der Waals surface area (Å²) in [5.74, 6) is 0.140. The summed E-state index contributed by atoms with van der Waals surface area (Å²) < 4.78 is 0. The van der Waals surface area contributed by atoms with E-state index in [1.165, 1.54) is 0 Å². The maximum Gasteiger partial charge on any atom is 0.277 e. The number of benzene rings is 2. The minimum Gasteiger partial charge on any atom is -0.323 e. The Morgan fingerprint density at radius 1 is 1.08 bits per heavy atom. The van der Waals surface area contributed by atoms with E-state index in [4.69, 9.17) is 11.6 Å². The molecule has 0 radical (unpaired) electrons. The standard InChI is InChI=1S/C19H17ClN4O/c1-2-24(14-8-4-3-5-9-14)18(25)17-12-13-21-19(23-17)22-16-11-7-6-10-15(16)20/h3-13H,2H2,1H3,(H,21,22,23). The van der Waals surface area contributed by atoms with Gasteiger partial charge in [-0.2, -0.15) is 0 Å². The molecule has 1 heterocycles. The number of aromatic nitrogens is 2. The molecule has 0 saturated carbocycles. The summed E-state index contributed by atoms with van der Waals surface area (Å²) >= 11 is 6.14. The molecule has 3 rings (SSSR count). The van der Waals surface area contributed by atoms with Gasteiger partial charge >= 0.3 is 0 Å². The van der Waals surface area contributed by atoms with Crippen LogP contribution in [0.5, 0.6) is 0 Å². The van der Waals surface area contributed by atoms with Crippen molar-refractivity contribution in [3.63, 3.8) is 0 Å². The van der Waals surface area contributed by atoms with Crippen LogP contribution in [0.1, 0.15) is 17.4 Å². The van der Waals surface area contributed by atoms with E-state index in [0.717, 1.165) is 5.69 Å². The van der Waals surface area contributed by atoms with E-state index in [1.54, 1.807) is 23.2 Å². The first-order valence-electron chi connectivity index (χ1n) is 7.90. The number of nitrogens with one attached hydrogen (secondary N) is 1. The van der Waals surface area contributed by atoms with Gasteiger partial charge in [0.2, 0.25) is 5.95 Å². The van der Waals surface area contributed by atoms with Crippen LogP contribution in [-0.2, 0) is 0 Å². The molecule has 0 unspecified atom stereocenters. The van der Waals surface area contributed by atoms with Crippen molar-refractivity contribution in [3.8, 4) is 0 Å². The van der Waals surface area contributed by atoms with Crippen molar-refractivity contribution in [2.75, 3.05) is 16.8 Å². The largest absolute Gasteiger partial charge is 0.323 e. The Balaban J connectivity index is 1.85. The first-order chi connectivity index (χ1) is 12.2. The second kappa shape index (κ2) is 7.77. The van der Waals surface area contributed by atoms with Crippen molar-refractivity contribution in [2.24, 2.45) is 0 Å². The monoisotopic (exact) mass is 352 g/mol. The number of para-hydroxylation sites is 2. The van der Waals surface area contributed by atoms with Crippen LogP contribution in [0.3, 0.4) is 0 Å². The molecule has 126 valence electrons. The smallest absolute Gasteiger partial charge is 0.277 e. The molecule has 1 amide bonds. The molecule has 1 N–H and O–H groups in total. The molecule has 3 aromatic rings. The zero-order chi connectivity index (χ0) is 17.6. The van der Waals surface area contributed by atoms with Gasteiger partial charge in [-0.15, -0.1) is 0 Å². The maximum atomic E-state index is 12.8. The van der Waals surface area contributed by atoms with Gasteiger partial charge in [0.05, 0.1) is 10.7 Å². The molecule has 2 aromatic carbocycles. The highest BCUT2D eigenvalue weighted by Gasteiger charge is 2.18. The number of rotatable bonds is 5. The Morgan fingerprint density at radius 2 is 1.80 bits per heavy atom. The van der Waals surface area contributed by atoms with Crippen molar-refractivity contribution >= 4 is 34.8 Å². The average molecular weight is 353 g/mol. The third kappa shape index (κ3) is 3.95. The Kier molecular flexibility index (Phi) is 5.26. The molecule has 0 fully saturated rings. The van der Waals surface area contributed by atoms with Crippen LogP contribution in [0.25, 0.3) is 0 Å². The number of carbonyl (C=O) groups excluding carboxylic acids is 1. The van der Waals surface area contributed by atoms with E-state index in [0.29, 0.717) is 28.9 Å². The minimum atomic E-state index is -0.182. The van der Waals surface area contributed by atoms with Crippen molar-refractivity contribution in [1.82, 2.24) is 9.97 Å². The van der Waals surface area contributed by atoms with E-state index in [1.807, 2.05) is 55.5 Å². The number of carbonyl (C=O) groups is 1. The van der Waals surface area contributed by atoms with Crippen molar-refractivity contribution in [1.29, 1.82) is 0 Å². The predicted molar refractivity (Wildman–Crippen MR) is 101 cm³/mol. The summed E-state index contributed by atoms with van der Waals surface area (Å²) in [4.78, 5) is 23.0. The van der Waals surface area contributed by atoms with E-state index >= 15 is 0 Å². The second-order valence-corrected chi connectivity index (χ2v) is 5.66. The predicted octanol–water partition coefficient (Wildman–Crippen LogP) is 4.54. The summed E-state index contributed by atoms with van der Waals surface area (Å²) in [5, 5.41) is 3.60. The molecule has 1 aromatic heterocycles. The lowest BCUT2D eigenvalue weighted by Crippen LogP contribution is -2.31. The fourth-order valence-electron chi connectivity index (χ4n) is 2.41. The lowest BCUT2D eigenvalue weighted by molar-refractivity contribution is 0.0983. The number of nitrogens with zero attached hydrogens (tertiary/aromatic N) is 3. The lowest BCUT2D eigenvalue weighted by atomic mass is 10.2. The fraction of sp³-hybridized carbons (Fsp3) is 0.105. The Hall–Kier alpha value is -2.92. The molecule has 25 heavy (non-hydrogen) atoms. The van der Waals surface area contributed by atoms with Gasteiger partial charge in [-0.05, 0) is 37.3 Å². The van der Waals surface area contributed by atoms with E-state index in [-0.39, 0.29) is 5.91 Å². The summed E-state index contributed by atoms with van der Waals surface area (Å²) in [6, 6.07) is 18.4. The van der Waals surface area contributed by atoms with Crippen LogP contribution in [0.4, 0.5) is 17.3 Å². The van der Waals surface area contributed by atoms with E-state index in [2.05, 4.69) is 15.3 Å². The van der Waals surface area contributed by atoms with Crippen LogP contribution in [-0.4, -0.2) is 22.4 Å². The third-order valence-corrected chi connectivity index (χ3v) is 3.95. The number of hydrogen-bond acceptors (Lipinski definition) is 4. The lowest BCUT2D eigenvalue weighted by Gasteiger charge is -2.20. The summed E-state index contributed by atoms with van der Waals surface area (Å²) in [7, 11) is 0. The first kappa shape index (κ1) is 16.9. The van der Waals surface area contributed by atoms with E-state index < -0.39 is 0 Å². The average Bonchev–Trinajstić information content (AvgIpc) is 2.65. The highest BCUT2D eigenvalue weighted by atomic mass is 35.5. The molecule has 0 aliphatic carbocycles. The van der Waals surface area contributed by atoms with Gasteiger partial charge in [-0.3, -0.25) is 4.79 Å². The quantitative estimate of drug-likeness (QED) is 0.732. The second-order valence-electron chi connectivity index (χ2n) is 5.26. The number of amides is 1. The zero-order valence-corrected chi connectivity index (χ0v) is 14.4. The van der Waals surface area contributed by atoms with Crippen LogP contribution < -0.4 is 10.2 Å². The highest BCUT2D eigenvalue weighted by molar-refractivity contribution is 6.33. The summed E-state index contributed by atoms with van der Waals surface area (Å²) in [5.41, 5.74) is 1.83. The normalized spacial score (nSPS) is 10.3. The molecule has 6 heteroatoms. The van der Waals surface area contributed by atoms with Gasteiger partial charge in [0.25, 0.3) is 5.91 Å². The summed E-state index contributed by atoms with van der Waals surface area (Å²) in [6.45, 7) is 2.47. The molecule has 0 spiro atoms. The highest BCUT2D eigenvalue weighted by Crippen LogP contribution is 2.23. The Labute approximate surface area is 151 Å². The molecule has 0 aliphatic heterocycles. The number of anilines is 3.